The molecule has 0 spiro atoms. The highest BCUT2D eigenvalue weighted by Crippen LogP contribution is 2.46. The molecule has 18 heavy (non-hydrogen) atoms. The number of nitrogens with zero attached hydrogens (tertiary/aromatic N) is 1. The van der Waals surface area contributed by atoms with Crippen LogP contribution in [-0.2, 0) is 0 Å². The Morgan fingerprint density at radius 3 is 2.44 bits per heavy atom. The lowest BCUT2D eigenvalue weighted by molar-refractivity contribution is 0.320. The van der Waals surface area contributed by atoms with Crippen molar-refractivity contribution >= 4 is 27.1 Å². The molecule has 0 unspecified atom stereocenters. The van der Waals surface area contributed by atoms with Crippen LogP contribution in [0.2, 0.25) is 0 Å². The van der Waals surface area contributed by atoms with Gasteiger partial charge in [0.05, 0.1) is 0 Å². The van der Waals surface area contributed by atoms with Gasteiger partial charge < -0.3 is 5.21 Å². The predicted molar refractivity (Wildman–Crippen MR) is 74.7 cm³/mol. The zero-order valence-electron chi connectivity index (χ0n) is 9.42. The topological polar surface area (TPSA) is 32.6 Å². The van der Waals surface area contributed by atoms with E-state index in [0.717, 1.165) is 11.1 Å². The Labute approximate surface area is 108 Å². The number of fused-ring (bicyclic) bond motifs is 5. The Morgan fingerprint density at radius 2 is 1.61 bits per heavy atom. The zero-order valence-corrected chi connectivity index (χ0v) is 10.2. The molecule has 2 nitrogen and oxygen atoms in total. The number of thiophene rings is 1. The van der Waals surface area contributed by atoms with E-state index in [4.69, 9.17) is 0 Å². The van der Waals surface area contributed by atoms with E-state index in [9.17, 15) is 5.21 Å². The van der Waals surface area contributed by atoms with Crippen molar-refractivity contribution in [2.45, 2.75) is 0 Å². The minimum atomic E-state index is 0.693. The fourth-order valence-corrected chi connectivity index (χ4v) is 3.84. The third-order valence-electron chi connectivity index (χ3n) is 3.36. The average molecular weight is 251 g/mol. The normalized spacial score (nSPS) is 15.0. The number of benzene rings is 2. The first-order valence-corrected chi connectivity index (χ1v) is 6.55. The van der Waals surface area contributed by atoms with Crippen molar-refractivity contribution in [3.63, 3.8) is 0 Å². The first kappa shape index (κ1) is 9.85. The van der Waals surface area contributed by atoms with E-state index in [1.54, 1.807) is 11.3 Å². The first-order valence-electron chi connectivity index (χ1n) is 5.74. The van der Waals surface area contributed by atoms with E-state index in [-0.39, 0.29) is 0 Å². The fourth-order valence-electron chi connectivity index (χ4n) is 2.60. The Kier molecular flexibility index (Phi) is 1.88. The van der Waals surface area contributed by atoms with Crippen LogP contribution in [0.5, 0.6) is 0 Å². The second-order valence-corrected chi connectivity index (χ2v) is 5.35. The van der Waals surface area contributed by atoms with Crippen molar-refractivity contribution in [2.75, 3.05) is 0 Å². The Balaban J connectivity index is 2.20. The minimum Gasteiger partial charge on any atom is -0.410 e. The standard InChI is InChI=1S/C15H9NOS/c17-16-14-9-5-1-2-6-10(9)15-13(14)11-7-3-4-8-12(11)18-15/h1-8,17H/b16-14-. The predicted octanol–water partition coefficient (Wildman–Crippen LogP) is 4.11. The van der Waals surface area contributed by atoms with E-state index in [1.807, 2.05) is 30.3 Å². The lowest BCUT2D eigenvalue weighted by Crippen LogP contribution is -1.97. The third kappa shape index (κ3) is 1.09. The molecule has 1 aromatic heterocycles. The van der Waals surface area contributed by atoms with Crippen molar-refractivity contribution < 1.29 is 5.21 Å². The quantitative estimate of drug-likeness (QED) is 0.370. The van der Waals surface area contributed by atoms with Gasteiger partial charge >= 0.3 is 0 Å². The molecule has 1 aliphatic rings. The average Bonchev–Trinajstić information content (AvgIpc) is 2.93. The van der Waals surface area contributed by atoms with Crippen LogP contribution in [0, 0.1) is 0 Å². The molecule has 3 heteroatoms. The van der Waals surface area contributed by atoms with Crippen LogP contribution in [0.4, 0.5) is 0 Å². The molecule has 4 rings (SSSR count). The fraction of sp³-hybridized carbons (Fsp3) is 0. The van der Waals surface area contributed by atoms with Crippen LogP contribution in [0.25, 0.3) is 20.5 Å². The van der Waals surface area contributed by atoms with Gasteiger partial charge in [-0.3, -0.25) is 0 Å². The lowest BCUT2D eigenvalue weighted by Gasteiger charge is -1.99. The van der Waals surface area contributed by atoms with Gasteiger partial charge in [-0.15, -0.1) is 11.3 Å². The van der Waals surface area contributed by atoms with Crippen molar-refractivity contribution in [3.8, 4) is 10.4 Å². The van der Waals surface area contributed by atoms with E-state index >= 15 is 0 Å². The Morgan fingerprint density at radius 1 is 0.889 bits per heavy atom. The van der Waals surface area contributed by atoms with Crippen LogP contribution in [0.3, 0.4) is 0 Å². The minimum absolute atomic E-state index is 0.693. The van der Waals surface area contributed by atoms with Crippen LogP contribution in [0.1, 0.15) is 11.1 Å². The third-order valence-corrected chi connectivity index (χ3v) is 4.56. The van der Waals surface area contributed by atoms with Crippen molar-refractivity contribution in [3.05, 3.63) is 59.7 Å². The largest absolute Gasteiger partial charge is 0.410 e. The van der Waals surface area contributed by atoms with Gasteiger partial charge in [-0.1, -0.05) is 47.6 Å². The Bertz CT molecular complexity index is 801. The molecule has 0 saturated heterocycles. The highest BCUT2D eigenvalue weighted by molar-refractivity contribution is 7.23. The molecular weight excluding hydrogens is 242 g/mol. The van der Waals surface area contributed by atoms with Gasteiger partial charge in [0.25, 0.3) is 0 Å². The smallest absolute Gasteiger partial charge is 0.119 e. The maximum absolute atomic E-state index is 9.33. The summed E-state index contributed by atoms with van der Waals surface area (Å²) >= 11 is 1.76. The maximum atomic E-state index is 9.33. The second kappa shape index (κ2) is 3.43. The SMILES string of the molecule is O/N=C1/c2ccccc2-c2sc3ccccc3c21. The summed E-state index contributed by atoms with van der Waals surface area (Å²) in [5.41, 5.74) is 3.95. The number of hydrogen-bond acceptors (Lipinski definition) is 3. The zero-order chi connectivity index (χ0) is 12.1. The van der Waals surface area contributed by atoms with Gasteiger partial charge in [0.15, 0.2) is 0 Å². The molecule has 1 heterocycles. The molecule has 0 fully saturated rings. The van der Waals surface area contributed by atoms with Crippen LogP contribution >= 0.6 is 11.3 Å². The van der Waals surface area contributed by atoms with Crippen molar-refractivity contribution in [2.24, 2.45) is 5.16 Å². The van der Waals surface area contributed by atoms with Crippen LogP contribution in [0.15, 0.2) is 53.7 Å². The molecule has 1 N–H and O–H groups in total. The maximum Gasteiger partial charge on any atom is 0.119 e. The molecular formula is C15H9NOS. The van der Waals surface area contributed by atoms with Gasteiger partial charge in [-0.05, 0) is 6.07 Å². The van der Waals surface area contributed by atoms with E-state index in [1.165, 1.54) is 20.5 Å². The summed E-state index contributed by atoms with van der Waals surface area (Å²) in [6.07, 6.45) is 0. The van der Waals surface area contributed by atoms with Crippen LogP contribution < -0.4 is 0 Å². The van der Waals surface area contributed by atoms with E-state index in [0.29, 0.717) is 5.71 Å². The molecule has 0 radical (unpaired) electrons. The van der Waals surface area contributed by atoms with Crippen LogP contribution in [-0.4, -0.2) is 10.9 Å². The monoisotopic (exact) mass is 251 g/mol. The summed E-state index contributed by atoms with van der Waals surface area (Å²) in [5.74, 6) is 0. The summed E-state index contributed by atoms with van der Waals surface area (Å²) in [5, 5.41) is 14.0. The lowest BCUT2D eigenvalue weighted by atomic mass is 10.1. The van der Waals surface area contributed by atoms with Gasteiger partial charge in [-0.2, -0.15) is 0 Å². The number of rotatable bonds is 0. The van der Waals surface area contributed by atoms with Gasteiger partial charge in [0.1, 0.15) is 5.71 Å². The molecule has 0 atom stereocenters. The molecule has 3 aromatic rings. The Hall–Kier alpha value is -2.13. The molecule has 0 saturated carbocycles. The highest BCUT2D eigenvalue weighted by atomic mass is 32.1. The molecule has 2 aromatic carbocycles. The van der Waals surface area contributed by atoms with Gasteiger partial charge in [0.2, 0.25) is 0 Å². The highest BCUT2D eigenvalue weighted by Gasteiger charge is 2.29. The molecule has 1 aliphatic carbocycles. The van der Waals surface area contributed by atoms with Gasteiger partial charge in [0, 0.05) is 31.7 Å². The van der Waals surface area contributed by atoms with E-state index in [2.05, 4.69) is 23.4 Å². The van der Waals surface area contributed by atoms with Crippen molar-refractivity contribution in [1.29, 1.82) is 0 Å². The summed E-state index contributed by atoms with van der Waals surface area (Å²) in [6.45, 7) is 0. The summed E-state index contributed by atoms with van der Waals surface area (Å²) in [7, 11) is 0. The second-order valence-electron chi connectivity index (χ2n) is 4.30. The summed E-state index contributed by atoms with van der Waals surface area (Å²) < 4.78 is 1.23. The molecule has 0 amide bonds. The first-order chi connectivity index (χ1) is 8.90. The molecule has 0 bridgehead atoms. The number of hydrogen-bond donors (Lipinski definition) is 1. The summed E-state index contributed by atoms with van der Waals surface area (Å²) in [6, 6.07) is 16.3. The van der Waals surface area contributed by atoms with Gasteiger partial charge in [-0.25, -0.2) is 0 Å². The molecule has 0 aliphatic heterocycles. The summed E-state index contributed by atoms with van der Waals surface area (Å²) in [4.78, 5) is 1.21. The van der Waals surface area contributed by atoms with Crippen molar-refractivity contribution in [1.82, 2.24) is 0 Å². The molecule has 86 valence electrons. The number of oxime groups is 1. The van der Waals surface area contributed by atoms with E-state index < -0.39 is 0 Å².